The molecule has 0 aliphatic carbocycles. The monoisotopic (exact) mass is 312 g/mol. The molecule has 0 unspecified atom stereocenters. The van der Waals surface area contributed by atoms with Gasteiger partial charge in [0.05, 0.1) is 25.7 Å². The summed E-state index contributed by atoms with van der Waals surface area (Å²) in [5, 5.41) is 0.0126. The van der Waals surface area contributed by atoms with Gasteiger partial charge in [0, 0.05) is 17.7 Å². The molecule has 0 N–H and O–H groups in total. The third-order valence-electron chi connectivity index (χ3n) is 2.61. The van der Waals surface area contributed by atoms with E-state index < -0.39 is 0 Å². The van der Waals surface area contributed by atoms with Crippen LogP contribution in [-0.2, 0) is 24.8 Å². The lowest BCUT2D eigenvalue weighted by atomic mass is 10.2. The van der Waals surface area contributed by atoms with Crippen LogP contribution < -0.4 is 0 Å². The summed E-state index contributed by atoms with van der Waals surface area (Å²) in [6.45, 7) is 2.10. The summed E-state index contributed by atoms with van der Waals surface area (Å²) in [6.07, 6.45) is 5.68. The summed E-state index contributed by atoms with van der Waals surface area (Å²) in [4.78, 5) is 22.6. The zero-order valence-corrected chi connectivity index (χ0v) is 13.1. The molecule has 0 aliphatic heterocycles. The smallest absolute Gasteiger partial charge is 0.330 e. The van der Waals surface area contributed by atoms with Gasteiger partial charge in [0.25, 0.3) is 0 Å². The van der Waals surface area contributed by atoms with Gasteiger partial charge in [-0.15, -0.1) is 11.8 Å². The predicted molar refractivity (Wildman–Crippen MR) is 80.8 cm³/mol. The molecule has 5 nitrogen and oxygen atoms in total. The van der Waals surface area contributed by atoms with Crippen molar-refractivity contribution in [3.63, 3.8) is 0 Å². The minimum atomic E-state index is -0.376. The molecule has 0 aromatic carbocycles. The maximum Gasteiger partial charge on any atom is 0.330 e. The zero-order chi connectivity index (χ0) is 15.5. The number of esters is 2. The number of thioether (sulfide) groups is 1. The molecule has 1 aromatic rings. The van der Waals surface area contributed by atoms with Crippen LogP contribution in [0.5, 0.6) is 0 Å². The Hall–Kier alpha value is -1.69. The summed E-state index contributed by atoms with van der Waals surface area (Å²) in [5.41, 5.74) is 0. The van der Waals surface area contributed by atoms with E-state index in [1.54, 1.807) is 31.0 Å². The zero-order valence-electron chi connectivity index (χ0n) is 12.2. The first-order valence-corrected chi connectivity index (χ1v) is 7.76. The third-order valence-corrected chi connectivity index (χ3v) is 3.89. The van der Waals surface area contributed by atoms with E-state index in [0.29, 0.717) is 25.2 Å². The molecule has 0 spiro atoms. The van der Waals surface area contributed by atoms with Gasteiger partial charge in [-0.3, -0.25) is 4.79 Å². The maximum absolute atomic E-state index is 11.3. The van der Waals surface area contributed by atoms with Gasteiger partial charge in [0.15, 0.2) is 0 Å². The van der Waals surface area contributed by atoms with E-state index in [4.69, 9.17) is 9.15 Å². The summed E-state index contributed by atoms with van der Waals surface area (Å²) in [6, 6.07) is 3.72. The van der Waals surface area contributed by atoms with E-state index in [2.05, 4.69) is 4.74 Å². The Kier molecular flexibility index (Phi) is 8.35. The number of hydrogen-bond donors (Lipinski definition) is 0. The van der Waals surface area contributed by atoms with Gasteiger partial charge in [-0.05, 0) is 25.5 Å². The van der Waals surface area contributed by atoms with E-state index in [-0.39, 0.29) is 17.2 Å². The van der Waals surface area contributed by atoms with Crippen molar-refractivity contribution in [1.29, 1.82) is 0 Å². The SMILES string of the molecule is CCOC(=O)/C=C/[C@@H](CCC(=O)OC)SCc1ccco1. The fourth-order valence-electron chi connectivity index (χ4n) is 1.56. The number of ether oxygens (including phenoxy) is 2. The van der Waals surface area contributed by atoms with E-state index in [0.717, 1.165) is 5.76 Å². The number of carbonyl (C=O) groups excluding carboxylic acids is 2. The topological polar surface area (TPSA) is 65.7 Å². The Labute approximate surface area is 128 Å². The second-order valence-corrected chi connectivity index (χ2v) is 5.38. The molecule has 0 amide bonds. The molecule has 0 bridgehead atoms. The van der Waals surface area contributed by atoms with Crippen molar-refractivity contribution in [2.75, 3.05) is 13.7 Å². The average molecular weight is 312 g/mol. The molecule has 0 radical (unpaired) electrons. The standard InChI is InChI=1S/C15H20O5S/c1-3-19-15(17)9-7-13(6-8-14(16)18-2)21-11-12-5-4-10-20-12/h4-5,7,9-10,13H,3,6,8,11H2,1-2H3/b9-7+/t13-/m1/s1. The van der Waals surface area contributed by atoms with Crippen molar-refractivity contribution in [2.45, 2.75) is 30.8 Å². The molecular weight excluding hydrogens is 292 g/mol. The molecule has 0 aliphatic rings. The largest absolute Gasteiger partial charge is 0.469 e. The molecule has 1 aromatic heterocycles. The first-order chi connectivity index (χ1) is 10.2. The lowest BCUT2D eigenvalue weighted by molar-refractivity contribution is -0.140. The van der Waals surface area contributed by atoms with Crippen LogP contribution in [0.2, 0.25) is 0 Å². The number of rotatable bonds is 9. The summed E-state index contributed by atoms with van der Waals surface area (Å²) in [5.74, 6) is 0.890. The molecule has 1 rings (SSSR count). The van der Waals surface area contributed by atoms with E-state index >= 15 is 0 Å². The minimum Gasteiger partial charge on any atom is -0.469 e. The molecule has 0 saturated heterocycles. The molecule has 0 fully saturated rings. The molecule has 1 heterocycles. The van der Waals surface area contributed by atoms with E-state index in [1.807, 2.05) is 12.1 Å². The van der Waals surface area contributed by atoms with Gasteiger partial charge in [-0.1, -0.05) is 6.08 Å². The quantitative estimate of drug-likeness (QED) is 0.516. The van der Waals surface area contributed by atoms with Gasteiger partial charge in [-0.25, -0.2) is 4.79 Å². The van der Waals surface area contributed by atoms with Crippen molar-refractivity contribution in [2.24, 2.45) is 0 Å². The fraction of sp³-hybridized carbons (Fsp3) is 0.467. The van der Waals surface area contributed by atoms with Crippen molar-refractivity contribution in [3.05, 3.63) is 36.3 Å². The van der Waals surface area contributed by atoms with Gasteiger partial charge in [0.1, 0.15) is 5.76 Å². The third kappa shape index (κ3) is 7.60. The van der Waals surface area contributed by atoms with Gasteiger partial charge < -0.3 is 13.9 Å². The number of carbonyl (C=O) groups is 2. The van der Waals surface area contributed by atoms with Gasteiger partial charge >= 0.3 is 11.9 Å². The normalized spacial score (nSPS) is 12.3. The summed E-state index contributed by atoms with van der Waals surface area (Å²) in [7, 11) is 1.36. The van der Waals surface area contributed by atoms with E-state index in [1.165, 1.54) is 13.2 Å². The number of hydrogen-bond acceptors (Lipinski definition) is 6. The van der Waals surface area contributed by atoms with Crippen molar-refractivity contribution in [1.82, 2.24) is 0 Å². The molecule has 0 saturated carbocycles. The molecular formula is C15H20O5S. The van der Waals surface area contributed by atoms with Crippen molar-refractivity contribution < 1.29 is 23.5 Å². The summed E-state index contributed by atoms with van der Waals surface area (Å²) < 4.78 is 14.7. The second-order valence-electron chi connectivity index (χ2n) is 4.15. The van der Waals surface area contributed by atoms with Crippen molar-refractivity contribution >= 4 is 23.7 Å². The van der Waals surface area contributed by atoms with Crippen LogP contribution in [0.1, 0.15) is 25.5 Å². The van der Waals surface area contributed by atoms with Crippen LogP contribution in [0.25, 0.3) is 0 Å². The Balaban J connectivity index is 2.51. The molecule has 21 heavy (non-hydrogen) atoms. The lowest BCUT2D eigenvalue weighted by Crippen LogP contribution is -2.08. The fourth-order valence-corrected chi connectivity index (χ4v) is 2.57. The maximum atomic E-state index is 11.3. The van der Waals surface area contributed by atoms with Crippen LogP contribution in [0.4, 0.5) is 0 Å². The highest BCUT2D eigenvalue weighted by molar-refractivity contribution is 7.99. The molecule has 1 atom stereocenters. The minimum absolute atomic E-state index is 0.0126. The number of methoxy groups -OCH3 is 1. The summed E-state index contributed by atoms with van der Waals surface area (Å²) >= 11 is 1.60. The van der Waals surface area contributed by atoms with Crippen LogP contribution in [0.15, 0.2) is 35.0 Å². The van der Waals surface area contributed by atoms with Gasteiger partial charge in [-0.2, -0.15) is 0 Å². The Bertz CT molecular complexity index is 453. The highest BCUT2D eigenvalue weighted by atomic mass is 32.2. The van der Waals surface area contributed by atoms with Crippen molar-refractivity contribution in [3.8, 4) is 0 Å². The Morgan fingerprint density at radius 2 is 2.29 bits per heavy atom. The van der Waals surface area contributed by atoms with Gasteiger partial charge in [0.2, 0.25) is 0 Å². The Morgan fingerprint density at radius 3 is 2.90 bits per heavy atom. The average Bonchev–Trinajstić information content (AvgIpc) is 2.99. The van der Waals surface area contributed by atoms with E-state index in [9.17, 15) is 9.59 Å². The molecule has 116 valence electrons. The first kappa shape index (κ1) is 17.4. The highest BCUT2D eigenvalue weighted by Gasteiger charge is 2.11. The first-order valence-electron chi connectivity index (χ1n) is 6.71. The number of furan rings is 1. The molecule has 6 heteroatoms. The van der Waals surface area contributed by atoms with Crippen LogP contribution in [0.3, 0.4) is 0 Å². The van der Waals surface area contributed by atoms with Crippen LogP contribution >= 0.6 is 11.8 Å². The Morgan fingerprint density at radius 1 is 1.48 bits per heavy atom. The highest BCUT2D eigenvalue weighted by Crippen LogP contribution is 2.23. The second kappa shape index (κ2) is 10.1. The van der Waals surface area contributed by atoms with Crippen LogP contribution in [0, 0.1) is 0 Å². The van der Waals surface area contributed by atoms with Crippen LogP contribution in [-0.4, -0.2) is 30.9 Å². The lowest BCUT2D eigenvalue weighted by Gasteiger charge is -2.11. The predicted octanol–water partition coefficient (Wildman–Crippen LogP) is 2.95.